The summed E-state index contributed by atoms with van der Waals surface area (Å²) in [5, 5.41) is 5.33. The zero-order chi connectivity index (χ0) is 26.7. The number of methoxy groups -OCH3 is 1. The van der Waals surface area contributed by atoms with Gasteiger partial charge in [-0.2, -0.15) is 10.1 Å². The number of aliphatic imine (C=N–C) groups is 1. The molecule has 2 heterocycles. The Morgan fingerprint density at radius 3 is 2.70 bits per heavy atom. The monoisotopic (exact) mass is 520 g/mol. The third-order valence-electron chi connectivity index (χ3n) is 6.42. The smallest absolute Gasteiger partial charge is 0.309 e. The van der Waals surface area contributed by atoms with Gasteiger partial charge in [0, 0.05) is 30.3 Å². The number of aryl methyl sites for hydroxylation is 1. The number of rotatable bonds is 6. The summed E-state index contributed by atoms with van der Waals surface area (Å²) in [6, 6.07) is 14.5. The number of carbonyl (C=O) groups is 2. The van der Waals surface area contributed by atoms with Gasteiger partial charge in [-0.25, -0.2) is 0 Å². The van der Waals surface area contributed by atoms with Crippen LogP contribution < -0.4 is 9.64 Å². The molecule has 37 heavy (non-hydrogen) atoms. The second-order valence-electron chi connectivity index (χ2n) is 10.2. The molecule has 2 aliphatic rings. The van der Waals surface area contributed by atoms with Crippen molar-refractivity contribution in [2.24, 2.45) is 10.1 Å². The lowest BCUT2D eigenvalue weighted by Gasteiger charge is -2.35. The fourth-order valence-electron chi connectivity index (χ4n) is 4.73. The van der Waals surface area contributed by atoms with Gasteiger partial charge >= 0.3 is 5.24 Å². The van der Waals surface area contributed by atoms with E-state index in [9.17, 15) is 9.59 Å². The predicted octanol–water partition coefficient (Wildman–Crippen LogP) is 6.28. The first-order valence-electron chi connectivity index (χ1n) is 12.9. The summed E-state index contributed by atoms with van der Waals surface area (Å²) in [4.78, 5) is 32.5. The predicted molar refractivity (Wildman–Crippen MR) is 152 cm³/mol. The van der Waals surface area contributed by atoms with Crippen LogP contribution in [0.3, 0.4) is 0 Å². The summed E-state index contributed by atoms with van der Waals surface area (Å²) in [5.41, 5.74) is 5.01. The quantitative estimate of drug-likeness (QED) is 0.331. The molecule has 0 fully saturated rings. The van der Waals surface area contributed by atoms with Gasteiger partial charge in [-0.1, -0.05) is 25.1 Å². The topological polar surface area (TPSA) is 74.6 Å². The Kier molecular flexibility index (Phi) is 8.07. The fraction of sp³-hybridized carbons (Fsp3) is 0.448. The van der Waals surface area contributed by atoms with Crippen LogP contribution in [0.4, 0.5) is 10.5 Å². The normalized spacial score (nSPS) is 17.5. The molecule has 0 saturated carbocycles. The number of amides is 2. The molecule has 196 valence electrons. The lowest BCUT2D eigenvalue weighted by molar-refractivity contribution is -0.127. The molecule has 0 aromatic heterocycles. The van der Waals surface area contributed by atoms with Gasteiger partial charge in [0.15, 0.2) is 0 Å². The number of hydrazone groups is 1. The molecule has 0 N–H and O–H groups in total. The molecule has 8 heteroatoms. The molecule has 0 bridgehead atoms. The summed E-state index contributed by atoms with van der Waals surface area (Å²) < 4.78 is 4.93. The molecule has 2 aliphatic heterocycles. The van der Waals surface area contributed by atoms with Crippen molar-refractivity contribution in [3.8, 4) is 5.75 Å². The van der Waals surface area contributed by atoms with E-state index in [4.69, 9.17) is 9.73 Å². The molecule has 7 nitrogen and oxygen atoms in total. The van der Waals surface area contributed by atoms with Crippen molar-refractivity contribution in [1.82, 2.24) is 5.01 Å². The van der Waals surface area contributed by atoms with Crippen molar-refractivity contribution in [3.63, 3.8) is 0 Å². The van der Waals surface area contributed by atoms with Crippen molar-refractivity contribution in [1.29, 1.82) is 0 Å². The minimum Gasteiger partial charge on any atom is -0.497 e. The first kappa shape index (κ1) is 26.9. The summed E-state index contributed by atoms with van der Waals surface area (Å²) in [6.45, 7) is 10.9. The van der Waals surface area contributed by atoms with E-state index < -0.39 is 4.75 Å². The van der Waals surface area contributed by atoms with Crippen molar-refractivity contribution in [2.75, 3.05) is 18.6 Å². The second kappa shape index (κ2) is 11.1. The van der Waals surface area contributed by atoms with Crippen LogP contribution in [0.5, 0.6) is 5.75 Å². The van der Waals surface area contributed by atoms with E-state index in [1.54, 1.807) is 7.11 Å². The number of amidine groups is 1. The second-order valence-corrected chi connectivity index (χ2v) is 11.7. The number of carbonyl (C=O) groups excluding carboxylic acids is 2. The highest BCUT2D eigenvalue weighted by atomic mass is 32.2. The summed E-state index contributed by atoms with van der Waals surface area (Å²) in [7, 11) is 1.67. The highest BCUT2D eigenvalue weighted by Crippen LogP contribution is 2.38. The first-order valence-corrected chi connectivity index (χ1v) is 13.7. The van der Waals surface area contributed by atoms with Crippen molar-refractivity contribution >= 4 is 40.1 Å². The molecule has 0 aliphatic carbocycles. The summed E-state index contributed by atoms with van der Waals surface area (Å²) >= 11 is 1.15. The van der Waals surface area contributed by atoms with E-state index in [0.29, 0.717) is 12.8 Å². The zero-order valence-corrected chi connectivity index (χ0v) is 23.4. The van der Waals surface area contributed by atoms with Crippen LogP contribution in [0.1, 0.15) is 70.6 Å². The highest BCUT2D eigenvalue weighted by molar-refractivity contribution is 8.15. The molecule has 0 radical (unpaired) electrons. The van der Waals surface area contributed by atoms with E-state index in [1.807, 2.05) is 39.0 Å². The lowest BCUT2D eigenvalue weighted by atomic mass is 9.93. The molecule has 0 saturated heterocycles. The Labute approximate surface area is 224 Å². The maximum Gasteiger partial charge on any atom is 0.309 e. The van der Waals surface area contributed by atoms with Gasteiger partial charge in [0.25, 0.3) is 5.91 Å². The van der Waals surface area contributed by atoms with E-state index >= 15 is 0 Å². The van der Waals surface area contributed by atoms with Crippen LogP contribution >= 0.6 is 11.8 Å². The maximum atomic E-state index is 12.7. The minimum absolute atomic E-state index is 0.129. The lowest BCUT2D eigenvalue weighted by Crippen LogP contribution is -2.43. The molecule has 4 rings (SSSR count). The number of nitrogens with zero attached hydrogens (tertiary/aromatic N) is 4. The van der Waals surface area contributed by atoms with Crippen LogP contribution in [0.15, 0.2) is 52.6 Å². The summed E-state index contributed by atoms with van der Waals surface area (Å²) in [6.07, 6.45) is 2.89. The Bertz CT molecular complexity index is 1250. The van der Waals surface area contributed by atoms with Crippen molar-refractivity contribution in [3.05, 3.63) is 59.2 Å². The number of fused-ring (bicyclic) bond motifs is 1. The molecule has 2 aromatic carbocycles. The van der Waals surface area contributed by atoms with Crippen LogP contribution in [0.25, 0.3) is 0 Å². The molecular weight excluding hydrogens is 484 g/mol. The minimum atomic E-state index is -0.548. The molecule has 2 amide bonds. The zero-order valence-electron chi connectivity index (χ0n) is 22.6. The van der Waals surface area contributed by atoms with Gasteiger partial charge in [0.05, 0.1) is 17.6 Å². The van der Waals surface area contributed by atoms with Gasteiger partial charge in [-0.15, -0.1) is 0 Å². The van der Waals surface area contributed by atoms with E-state index in [-0.39, 0.29) is 17.2 Å². The number of imide groups is 1. The molecule has 2 aromatic rings. The van der Waals surface area contributed by atoms with Gasteiger partial charge in [0.1, 0.15) is 11.6 Å². The van der Waals surface area contributed by atoms with E-state index in [1.165, 1.54) is 5.56 Å². The number of benzene rings is 2. The Balaban J connectivity index is 1.75. The third-order valence-corrected chi connectivity index (χ3v) is 7.47. The average molecular weight is 521 g/mol. The number of hydrogen-bond acceptors (Lipinski definition) is 6. The third kappa shape index (κ3) is 5.74. The van der Waals surface area contributed by atoms with Crippen LogP contribution in [0.2, 0.25) is 0 Å². The number of ether oxygens (including phenoxy) is 1. The van der Waals surface area contributed by atoms with E-state index in [0.717, 1.165) is 70.3 Å². The maximum absolute atomic E-state index is 12.7. The average Bonchev–Trinajstić information content (AvgIpc) is 2.86. The van der Waals surface area contributed by atoms with Gasteiger partial charge in [-0.3, -0.25) is 14.6 Å². The molecule has 0 unspecified atom stereocenters. The summed E-state index contributed by atoms with van der Waals surface area (Å²) in [5.74, 6) is 1.47. The van der Waals surface area contributed by atoms with Crippen LogP contribution in [-0.4, -0.2) is 52.1 Å². The van der Waals surface area contributed by atoms with Gasteiger partial charge in [0.2, 0.25) is 0 Å². The molecule has 0 spiro atoms. The van der Waals surface area contributed by atoms with Gasteiger partial charge < -0.3 is 9.64 Å². The van der Waals surface area contributed by atoms with Crippen molar-refractivity contribution in [2.45, 2.75) is 71.1 Å². The van der Waals surface area contributed by atoms with Crippen LogP contribution in [0, 0.1) is 0 Å². The SMILES string of the molecule is CCCC(=O)N1N=C(c2ccc3c(c2)CCCN3/C(=N\C(C)C)c2cccc(OC)c2)C(C)(C)SC1=O. The first-order chi connectivity index (χ1) is 17.6. The highest BCUT2D eigenvalue weighted by Gasteiger charge is 2.40. The Morgan fingerprint density at radius 1 is 1.22 bits per heavy atom. The largest absolute Gasteiger partial charge is 0.497 e. The van der Waals surface area contributed by atoms with Crippen LogP contribution in [-0.2, 0) is 11.2 Å². The number of anilines is 1. The molecular formula is C29H36N4O3S. The standard InChI is InChI=1S/C29H36N4O3S/c1-7-10-25(34)33-28(35)37-29(4,5)26(31-33)21-14-15-24-20(17-21)12-9-16-32(24)27(30-19(2)3)22-11-8-13-23(18-22)36-6/h8,11,13-15,17-19H,7,9-10,12,16H2,1-6H3/b30-27-. The van der Waals surface area contributed by atoms with Gasteiger partial charge in [-0.05, 0) is 94.1 Å². The fourth-order valence-corrected chi connectivity index (χ4v) is 5.65. The molecule has 0 atom stereocenters. The van der Waals surface area contributed by atoms with Crippen molar-refractivity contribution < 1.29 is 14.3 Å². The number of hydrogen-bond donors (Lipinski definition) is 0. The Hall–Kier alpha value is -3.13. The Morgan fingerprint density at radius 2 is 2.00 bits per heavy atom. The number of thioether (sulfide) groups is 1. The van der Waals surface area contributed by atoms with E-state index in [2.05, 4.69) is 48.1 Å².